The lowest BCUT2D eigenvalue weighted by molar-refractivity contribution is -0.118. The summed E-state index contributed by atoms with van der Waals surface area (Å²) < 4.78 is 6.96. The maximum Gasteiger partial charge on any atom is 0.348 e. The van der Waals surface area contributed by atoms with Crippen LogP contribution in [0.1, 0.15) is 93.9 Å². The molecule has 0 aromatic carbocycles. The Balaban J connectivity index is 1.40. The fourth-order valence-corrected chi connectivity index (χ4v) is 7.57. The van der Waals surface area contributed by atoms with Gasteiger partial charge in [0.05, 0.1) is 17.3 Å². The first kappa shape index (κ1) is 25.6. The van der Waals surface area contributed by atoms with Crippen molar-refractivity contribution in [1.82, 2.24) is 9.55 Å². The molecule has 9 nitrogen and oxygen atoms in total. The van der Waals surface area contributed by atoms with Gasteiger partial charge in [-0.25, -0.2) is 9.78 Å². The molecule has 3 aromatic rings. The molecule has 11 heteroatoms. The van der Waals surface area contributed by atoms with Crippen LogP contribution in [0.5, 0.6) is 0 Å². The van der Waals surface area contributed by atoms with Crippen LogP contribution in [-0.2, 0) is 22.4 Å². The van der Waals surface area contributed by atoms with Crippen LogP contribution < -0.4 is 16.6 Å². The molecular formula is C26H30N4O5S2. The third-order valence-electron chi connectivity index (χ3n) is 7.34. The number of carbonyl (C=O) groups is 3. The first-order valence-corrected chi connectivity index (χ1v) is 14.4. The number of rotatable bonds is 6. The fraction of sp³-hybridized carbons (Fsp3) is 0.500. The third kappa shape index (κ3) is 4.82. The van der Waals surface area contributed by atoms with Crippen LogP contribution in [-0.4, -0.2) is 33.4 Å². The number of nitrogens with one attached hydrogen (secondary N) is 1. The number of aryl methyl sites for hydroxylation is 2. The van der Waals surface area contributed by atoms with Gasteiger partial charge < -0.3 is 15.8 Å². The van der Waals surface area contributed by atoms with Crippen LogP contribution in [0.3, 0.4) is 0 Å². The Morgan fingerprint density at radius 2 is 1.86 bits per heavy atom. The van der Waals surface area contributed by atoms with Crippen LogP contribution in [0.25, 0.3) is 10.2 Å². The standard InChI is InChI=1S/C26H30N4O5S2/c1-13-18-23(37-20(13)26(34)35-15-8-4-3-5-9-15)28-12-30(25(18)33)14(2)22(32)29-24-19(21(27)31)16-10-6-7-11-17(16)36-24/h12,14-15H,3-11H2,1-2H3,(H2,27,31)(H,29,32). The molecule has 5 rings (SSSR count). The molecule has 1 saturated carbocycles. The van der Waals surface area contributed by atoms with E-state index in [0.717, 1.165) is 79.6 Å². The largest absolute Gasteiger partial charge is 0.458 e. The Morgan fingerprint density at radius 1 is 1.14 bits per heavy atom. The highest BCUT2D eigenvalue weighted by Gasteiger charge is 2.28. The summed E-state index contributed by atoms with van der Waals surface area (Å²) in [4.78, 5) is 57.9. The zero-order valence-corrected chi connectivity index (χ0v) is 22.6. The number of esters is 1. The summed E-state index contributed by atoms with van der Waals surface area (Å²) in [5.41, 5.74) is 7.06. The number of hydrogen-bond acceptors (Lipinski definition) is 8. The topological polar surface area (TPSA) is 133 Å². The molecule has 0 radical (unpaired) electrons. The van der Waals surface area contributed by atoms with Crippen molar-refractivity contribution < 1.29 is 19.1 Å². The molecule has 1 fully saturated rings. The number of anilines is 1. The lowest BCUT2D eigenvalue weighted by atomic mass is 9.95. The lowest BCUT2D eigenvalue weighted by Crippen LogP contribution is -2.32. The molecule has 3 heterocycles. The number of aromatic nitrogens is 2. The van der Waals surface area contributed by atoms with E-state index in [1.165, 1.54) is 22.2 Å². The molecule has 0 saturated heterocycles. The zero-order chi connectivity index (χ0) is 26.3. The van der Waals surface area contributed by atoms with Gasteiger partial charge in [0.1, 0.15) is 26.9 Å². The van der Waals surface area contributed by atoms with E-state index in [2.05, 4.69) is 10.3 Å². The molecule has 3 N–H and O–H groups in total. The van der Waals surface area contributed by atoms with Gasteiger partial charge in [0.2, 0.25) is 5.91 Å². The van der Waals surface area contributed by atoms with Gasteiger partial charge in [-0.05, 0) is 76.3 Å². The molecule has 0 aliphatic heterocycles. The minimum absolute atomic E-state index is 0.0904. The Morgan fingerprint density at radius 3 is 2.59 bits per heavy atom. The molecule has 1 unspecified atom stereocenters. The van der Waals surface area contributed by atoms with E-state index in [1.807, 2.05) is 0 Å². The fourth-order valence-electron chi connectivity index (χ4n) is 5.25. The van der Waals surface area contributed by atoms with Crippen molar-refractivity contribution in [3.05, 3.63) is 43.1 Å². The number of ether oxygens (including phenoxy) is 1. The molecule has 2 amide bonds. The molecule has 0 bridgehead atoms. The molecule has 2 aliphatic carbocycles. The number of primary amides is 1. The molecule has 2 aliphatic rings. The third-order valence-corrected chi connectivity index (χ3v) is 9.73. The van der Waals surface area contributed by atoms with Crippen LogP contribution in [0.2, 0.25) is 0 Å². The smallest absolute Gasteiger partial charge is 0.348 e. The Kier molecular flexibility index (Phi) is 7.17. The summed E-state index contributed by atoms with van der Waals surface area (Å²) in [5, 5.41) is 3.57. The number of thiophene rings is 2. The molecule has 37 heavy (non-hydrogen) atoms. The highest BCUT2D eigenvalue weighted by atomic mass is 32.1. The van der Waals surface area contributed by atoms with Crippen molar-refractivity contribution in [2.75, 3.05) is 5.32 Å². The molecule has 3 aromatic heterocycles. The van der Waals surface area contributed by atoms with E-state index in [1.54, 1.807) is 13.8 Å². The van der Waals surface area contributed by atoms with Crippen LogP contribution in [0.4, 0.5) is 5.00 Å². The van der Waals surface area contributed by atoms with E-state index in [4.69, 9.17) is 10.5 Å². The average molecular weight is 543 g/mol. The van der Waals surface area contributed by atoms with Gasteiger partial charge in [-0.1, -0.05) is 6.42 Å². The summed E-state index contributed by atoms with van der Waals surface area (Å²) in [6, 6.07) is -0.902. The lowest BCUT2D eigenvalue weighted by Gasteiger charge is -2.21. The monoisotopic (exact) mass is 542 g/mol. The molecular weight excluding hydrogens is 512 g/mol. The van der Waals surface area contributed by atoms with E-state index < -0.39 is 29.4 Å². The second-order valence-electron chi connectivity index (χ2n) is 9.80. The van der Waals surface area contributed by atoms with Gasteiger partial charge in [-0.2, -0.15) is 0 Å². The van der Waals surface area contributed by atoms with Crippen molar-refractivity contribution in [3.8, 4) is 0 Å². The Hall–Kier alpha value is -3.05. The van der Waals surface area contributed by atoms with E-state index in [-0.39, 0.29) is 6.10 Å². The number of hydrogen-bond donors (Lipinski definition) is 2. The summed E-state index contributed by atoms with van der Waals surface area (Å²) in [7, 11) is 0. The van der Waals surface area contributed by atoms with Crippen molar-refractivity contribution in [1.29, 1.82) is 0 Å². The first-order valence-electron chi connectivity index (χ1n) is 12.7. The summed E-state index contributed by atoms with van der Waals surface area (Å²) >= 11 is 2.51. The van der Waals surface area contributed by atoms with Crippen molar-refractivity contribution in [3.63, 3.8) is 0 Å². The second kappa shape index (κ2) is 10.4. The number of nitrogens with two attached hydrogens (primary N) is 1. The predicted molar refractivity (Wildman–Crippen MR) is 144 cm³/mol. The van der Waals surface area contributed by atoms with Gasteiger partial charge in [-0.15, -0.1) is 22.7 Å². The number of fused-ring (bicyclic) bond motifs is 2. The van der Waals surface area contributed by atoms with Crippen molar-refractivity contribution >= 4 is 55.7 Å². The number of carbonyl (C=O) groups excluding carboxylic acids is 3. The summed E-state index contributed by atoms with van der Waals surface area (Å²) in [6.07, 6.45) is 9.84. The van der Waals surface area contributed by atoms with Gasteiger partial charge in [0, 0.05) is 4.88 Å². The van der Waals surface area contributed by atoms with E-state index >= 15 is 0 Å². The van der Waals surface area contributed by atoms with Crippen LogP contribution in [0.15, 0.2) is 11.1 Å². The Labute approximate surface area is 222 Å². The molecule has 1 atom stereocenters. The zero-order valence-electron chi connectivity index (χ0n) is 20.9. The summed E-state index contributed by atoms with van der Waals surface area (Å²) in [6.45, 7) is 3.31. The maximum atomic E-state index is 13.4. The predicted octanol–water partition coefficient (Wildman–Crippen LogP) is 4.49. The van der Waals surface area contributed by atoms with E-state index in [0.29, 0.717) is 31.2 Å². The highest BCUT2D eigenvalue weighted by molar-refractivity contribution is 7.20. The molecule has 0 spiro atoms. The van der Waals surface area contributed by atoms with Crippen molar-refractivity contribution in [2.45, 2.75) is 83.8 Å². The average Bonchev–Trinajstić information content (AvgIpc) is 3.42. The minimum Gasteiger partial charge on any atom is -0.458 e. The number of nitrogens with zero attached hydrogens (tertiary/aromatic N) is 2. The number of amides is 2. The highest BCUT2D eigenvalue weighted by Crippen LogP contribution is 2.38. The quantitative estimate of drug-likeness (QED) is 0.441. The van der Waals surface area contributed by atoms with Gasteiger partial charge >= 0.3 is 5.97 Å². The normalized spacial score (nSPS) is 16.8. The van der Waals surface area contributed by atoms with Crippen LogP contribution >= 0.6 is 22.7 Å². The second-order valence-corrected chi connectivity index (χ2v) is 11.9. The minimum atomic E-state index is -0.902. The molecule has 196 valence electrons. The summed E-state index contributed by atoms with van der Waals surface area (Å²) in [5.74, 6) is -1.44. The Bertz CT molecular complexity index is 1450. The van der Waals surface area contributed by atoms with Crippen LogP contribution in [0, 0.1) is 6.92 Å². The van der Waals surface area contributed by atoms with E-state index in [9.17, 15) is 19.2 Å². The van der Waals surface area contributed by atoms with Crippen molar-refractivity contribution in [2.24, 2.45) is 5.73 Å². The SMILES string of the molecule is Cc1c(C(=O)OC2CCCCC2)sc2ncn(C(C)C(=O)Nc3sc4c(c3C(N)=O)CCCC4)c(=O)c12. The first-order chi connectivity index (χ1) is 17.8. The maximum absolute atomic E-state index is 13.4. The van der Waals surface area contributed by atoms with Gasteiger partial charge in [0.15, 0.2) is 0 Å². The van der Waals surface area contributed by atoms with Gasteiger partial charge in [0.25, 0.3) is 11.5 Å². The van der Waals surface area contributed by atoms with Gasteiger partial charge in [-0.3, -0.25) is 19.0 Å².